The lowest BCUT2D eigenvalue weighted by Gasteiger charge is -2.12. The number of aryl methyl sites for hydroxylation is 4. The van der Waals surface area contributed by atoms with E-state index in [9.17, 15) is 9.59 Å². The number of nitrogens with one attached hydrogen (secondary N) is 2. The molecule has 0 bridgehead atoms. The predicted molar refractivity (Wildman–Crippen MR) is 115 cm³/mol. The van der Waals surface area contributed by atoms with Crippen LogP contribution >= 0.6 is 11.3 Å². The van der Waals surface area contributed by atoms with Crippen LogP contribution in [0.25, 0.3) is 0 Å². The van der Waals surface area contributed by atoms with Gasteiger partial charge >= 0.3 is 0 Å². The Kier molecular flexibility index (Phi) is 5.76. The second-order valence-electron chi connectivity index (χ2n) is 6.80. The van der Waals surface area contributed by atoms with Gasteiger partial charge in [-0.15, -0.1) is 0 Å². The minimum Gasteiger partial charge on any atom is -0.321 e. The highest BCUT2D eigenvalue weighted by Gasteiger charge is 2.18. The number of amides is 2. The summed E-state index contributed by atoms with van der Waals surface area (Å²) in [7, 11) is 0. The van der Waals surface area contributed by atoms with E-state index in [-0.39, 0.29) is 11.8 Å². The monoisotopic (exact) mass is 404 g/mol. The molecule has 0 unspecified atom stereocenters. The number of carbonyl (C=O) groups excluding carboxylic acids is 2. The van der Waals surface area contributed by atoms with Crippen LogP contribution in [0.1, 0.15) is 48.0 Å². The van der Waals surface area contributed by atoms with Gasteiger partial charge in [-0.3, -0.25) is 14.9 Å². The summed E-state index contributed by atoms with van der Waals surface area (Å²) in [6, 6.07) is 12.4. The first-order chi connectivity index (χ1) is 13.8. The van der Waals surface area contributed by atoms with Crippen molar-refractivity contribution in [3.63, 3.8) is 0 Å². The fourth-order valence-electron chi connectivity index (χ4n) is 3.07. The number of thiazole rings is 1. The number of nitriles is 1. The van der Waals surface area contributed by atoms with E-state index >= 15 is 0 Å². The number of anilines is 2. The minimum absolute atomic E-state index is 0.256. The van der Waals surface area contributed by atoms with Crippen molar-refractivity contribution >= 4 is 34.0 Å². The van der Waals surface area contributed by atoms with Crippen molar-refractivity contribution in [1.82, 2.24) is 4.98 Å². The van der Waals surface area contributed by atoms with Crippen molar-refractivity contribution < 1.29 is 9.59 Å². The lowest BCUT2D eigenvalue weighted by atomic mass is 10.1. The summed E-state index contributed by atoms with van der Waals surface area (Å²) in [5, 5.41) is 14.9. The van der Waals surface area contributed by atoms with Gasteiger partial charge in [0.25, 0.3) is 11.8 Å². The van der Waals surface area contributed by atoms with Crippen molar-refractivity contribution in [2.24, 2.45) is 0 Å². The highest BCUT2D eigenvalue weighted by Crippen LogP contribution is 2.27. The Balaban J connectivity index is 1.76. The van der Waals surface area contributed by atoms with Crippen LogP contribution in [0.5, 0.6) is 0 Å². The summed E-state index contributed by atoms with van der Waals surface area (Å²) in [4.78, 5) is 29.9. The Morgan fingerprint density at radius 2 is 1.59 bits per heavy atom. The number of aromatic nitrogens is 1. The van der Waals surface area contributed by atoms with Gasteiger partial charge in [-0.25, -0.2) is 4.98 Å². The summed E-state index contributed by atoms with van der Waals surface area (Å²) in [6.45, 7) is 7.66. The van der Waals surface area contributed by atoms with E-state index in [0.29, 0.717) is 26.8 Å². The van der Waals surface area contributed by atoms with Gasteiger partial charge in [0.05, 0.1) is 17.3 Å². The van der Waals surface area contributed by atoms with E-state index in [1.54, 1.807) is 31.2 Å². The van der Waals surface area contributed by atoms with Crippen LogP contribution in [0.4, 0.5) is 10.8 Å². The largest absolute Gasteiger partial charge is 0.321 e. The maximum Gasteiger partial charge on any atom is 0.267 e. The summed E-state index contributed by atoms with van der Waals surface area (Å²) >= 11 is 1.12. The van der Waals surface area contributed by atoms with Crippen molar-refractivity contribution in [3.8, 4) is 6.07 Å². The Bertz CT molecular complexity index is 1120. The zero-order chi connectivity index (χ0) is 21.1. The molecule has 0 saturated carbocycles. The molecule has 0 saturated heterocycles. The molecule has 0 atom stereocenters. The molecule has 0 spiro atoms. The quantitative estimate of drug-likeness (QED) is 0.656. The molecule has 29 heavy (non-hydrogen) atoms. The van der Waals surface area contributed by atoms with Crippen molar-refractivity contribution in [1.29, 1.82) is 5.26 Å². The first-order valence-corrected chi connectivity index (χ1v) is 9.78. The molecule has 6 nitrogen and oxygen atoms in total. The first kappa shape index (κ1) is 20.2. The van der Waals surface area contributed by atoms with Crippen LogP contribution in [-0.2, 0) is 0 Å². The Labute approximate surface area is 173 Å². The molecule has 2 aromatic carbocycles. The van der Waals surface area contributed by atoms with Crippen molar-refractivity contribution in [3.05, 3.63) is 74.8 Å². The van der Waals surface area contributed by atoms with Gasteiger partial charge in [0.2, 0.25) is 0 Å². The maximum absolute atomic E-state index is 12.8. The summed E-state index contributed by atoms with van der Waals surface area (Å²) in [6.07, 6.45) is 0. The predicted octanol–water partition coefficient (Wildman–Crippen LogP) is 4.75. The molecule has 0 aliphatic heterocycles. The number of nitrogens with zero attached hydrogens (tertiary/aromatic N) is 2. The van der Waals surface area contributed by atoms with Crippen LogP contribution < -0.4 is 10.6 Å². The molecule has 1 heterocycles. The Hall–Kier alpha value is -3.50. The third-order valence-corrected chi connectivity index (χ3v) is 5.49. The molecule has 2 N–H and O–H groups in total. The topological polar surface area (TPSA) is 94.9 Å². The van der Waals surface area contributed by atoms with Gasteiger partial charge < -0.3 is 5.32 Å². The molecular formula is C22H20N4O2S. The SMILES string of the molecule is Cc1cc(C)c(NC(=O)c2sc(NC(=O)c3ccc(C#N)cc3)nc2C)c(C)c1. The van der Waals surface area contributed by atoms with E-state index in [0.717, 1.165) is 33.7 Å². The molecule has 2 amide bonds. The Morgan fingerprint density at radius 3 is 2.17 bits per heavy atom. The van der Waals surface area contributed by atoms with Crippen molar-refractivity contribution in [2.45, 2.75) is 27.7 Å². The average Bonchev–Trinajstić information content (AvgIpc) is 3.04. The highest BCUT2D eigenvalue weighted by atomic mass is 32.1. The molecule has 0 fully saturated rings. The van der Waals surface area contributed by atoms with Crippen LogP contribution in [0, 0.1) is 39.0 Å². The normalized spacial score (nSPS) is 10.3. The molecule has 146 valence electrons. The smallest absolute Gasteiger partial charge is 0.267 e. The molecule has 1 aromatic heterocycles. The Morgan fingerprint density at radius 1 is 0.966 bits per heavy atom. The van der Waals surface area contributed by atoms with E-state index in [1.165, 1.54) is 0 Å². The van der Waals surface area contributed by atoms with Crippen LogP contribution in [0.2, 0.25) is 0 Å². The number of hydrogen-bond acceptors (Lipinski definition) is 5. The van der Waals surface area contributed by atoms with E-state index in [1.807, 2.05) is 39.0 Å². The average molecular weight is 404 g/mol. The highest BCUT2D eigenvalue weighted by molar-refractivity contribution is 7.17. The number of hydrogen-bond donors (Lipinski definition) is 2. The molecule has 7 heteroatoms. The number of benzene rings is 2. The van der Waals surface area contributed by atoms with Gasteiger partial charge in [0, 0.05) is 11.3 Å². The standard InChI is InChI=1S/C22H20N4O2S/c1-12-9-13(2)18(14(3)10-12)25-21(28)19-15(4)24-22(29-19)26-20(27)17-7-5-16(11-23)6-8-17/h5-10H,1-4H3,(H,25,28)(H,24,26,27). The zero-order valence-corrected chi connectivity index (χ0v) is 17.4. The van der Waals surface area contributed by atoms with Crippen LogP contribution in [-0.4, -0.2) is 16.8 Å². The second-order valence-corrected chi connectivity index (χ2v) is 7.80. The third-order valence-electron chi connectivity index (χ3n) is 4.42. The van der Waals surface area contributed by atoms with Gasteiger partial charge in [0.15, 0.2) is 5.13 Å². The molecule has 3 aromatic rings. The van der Waals surface area contributed by atoms with E-state index < -0.39 is 0 Å². The molecular weight excluding hydrogens is 384 g/mol. The van der Waals surface area contributed by atoms with Crippen LogP contribution in [0.15, 0.2) is 36.4 Å². The first-order valence-electron chi connectivity index (χ1n) is 8.96. The van der Waals surface area contributed by atoms with Gasteiger partial charge in [-0.05, 0) is 63.1 Å². The van der Waals surface area contributed by atoms with Gasteiger partial charge in [-0.2, -0.15) is 5.26 Å². The number of rotatable bonds is 4. The fraction of sp³-hybridized carbons (Fsp3) is 0.182. The summed E-state index contributed by atoms with van der Waals surface area (Å²) < 4.78 is 0. The third kappa shape index (κ3) is 4.50. The fourth-order valence-corrected chi connectivity index (χ4v) is 3.93. The minimum atomic E-state index is -0.347. The molecule has 0 aliphatic rings. The lowest BCUT2D eigenvalue weighted by Crippen LogP contribution is -2.13. The molecule has 0 aliphatic carbocycles. The van der Waals surface area contributed by atoms with Gasteiger partial charge in [0.1, 0.15) is 4.88 Å². The second kappa shape index (κ2) is 8.25. The van der Waals surface area contributed by atoms with Crippen molar-refractivity contribution in [2.75, 3.05) is 10.6 Å². The number of carbonyl (C=O) groups is 2. The van der Waals surface area contributed by atoms with Crippen LogP contribution in [0.3, 0.4) is 0 Å². The lowest BCUT2D eigenvalue weighted by molar-refractivity contribution is 0.102. The molecule has 0 radical (unpaired) electrons. The summed E-state index contributed by atoms with van der Waals surface area (Å²) in [5.41, 5.74) is 5.35. The zero-order valence-electron chi connectivity index (χ0n) is 16.6. The van der Waals surface area contributed by atoms with Gasteiger partial charge in [-0.1, -0.05) is 29.0 Å². The maximum atomic E-state index is 12.8. The van der Waals surface area contributed by atoms with E-state index in [2.05, 4.69) is 15.6 Å². The van der Waals surface area contributed by atoms with E-state index in [4.69, 9.17) is 5.26 Å². The summed E-state index contributed by atoms with van der Waals surface area (Å²) in [5.74, 6) is -0.602. The molecule has 3 rings (SSSR count).